The third kappa shape index (κ3) is 2.55. The fourth-order valence-electron chi connectivity index (χ4n) is 7.11. The van der Waals surface area contributed by atoms with Crippen molar-refractivity contribution < 1.29 is 19.0 Å². The first-order chi connectivity index (χ1) is 12.7. The SMILES string of the molecule is COC1=CC2=C[C@H](C)[C@@H]3[C@H](CC[C@]4(C)C(=C(F)C(=O)O)CC[C@@H]34)[C@@]2(C)CC1. The molecule has 6 atom stereocenters. The van der Waals surface area contributed by atoms with Crippen LogP contribution in [0.1, 0.15) is 59.3 Å². The monoisotopic (exact) mass is 374 g/mol. The summed E-state index contributed by atoms with van der Waals surface area (Å²) in [6.07, 6.45) is 10.2. The van der Waals surface area contributed by atoms with Crippen LogP contribution in [0.2, 0.25) is 0 Å². The first kappa shape index (κ1) is 18.8. The Morgan fingerprint density at radius 1 is 1.19 bits per heavy atom. The van der Waals surface area contributed by atoms with Crippen molar-refractivity contribution in [1.82, 2.24) is 0 Å². The summed E-state index contributed by atoms with van der Waals surface area (Å²) in [4.78, 5) is 11.3. The highest BCUT2D eigenvalue weighted by molar-refractivity contribution is 5.85. The van der Waals surface area contributed by atoms with Gasteiger partial charge in [0.2, 0.25) is 5.83 Å². The lowest BCUT2D eigenvalue weighted by Crippen LogP contribution is -2.50. The highest BCUT2D eigenvalue weighted by Crippen LogP contribution is 2.67. The highest BCUT2D eigenvalue weighted by atomic mass is 19.1. The number of fused-ring (bicyclic) bond motifs is 5. The van der Waals surface area contributed by atoms with Crippen LogP contribution in [-0.4, -0.2) is 18.2 Å². The minimum absolute atomic E-state index is 0.151. The average molecular weight is 374 g/mol. The van der Waals surface area contributed by atoms with Crippen LogP contribution in [-0.2, 0) is 9.53 Å². The predicted molar refractivity (Wildman–Crippen MR) is 102 cm³/mol. The van der Waals surface area contributed by atoms with E-state index in [0.717, 1.165) is 37.9 Å². The molecule has 1 N–H and O–H groups in total. The van der Waals surface area contributed by atoms with Crippen LogP contribution >= 0.6 is 0 Å². The van der Waals surface area contributed by atoms with E-state index in [-0.39, 0.29) is 10.8 Å². The number of carboxylic acids is 1. The van der Waals surface area contributed by atoms with Gasteiger partial charge in [-0.15, -0.1) is 0 Å². The normalized spacial score (nSPS) is 45.1. The minimum Gasteiger partial charge on any atom is -0.501 e. The fraction of sp³-hybridized carbons (Fsp3) is 0.696. The summed E-state index contributed by atoms with van der Waals surface area (Å²) >= 11 is 0. The number of aliphatic carboxylic acids is 1. The van der Waals surface area contributed by atoms with Gasteiger partial charge >= 0.3 is 5.97 Å². The van der Waals surface area contributed by atoms with E-state index in [1.165, 1.54) is 5.57 Å². The van der Waals surface area contributed by atoms with E-state index >= 15 is 0 Å². The number of carbonyl (C=O) groups is 1. The van der Waals surface area contributed by atoms with Crippen molar-refractivity contribution in [3.05, 3.63) is 34.9 Å². The zero-order valence-electron chi connectivity index (χ0n) is 16.8. The fourth-order valence-corrected chi connectivity index (χ4v) is 7.11. The molecular weight excluding hydrogens is 343 g/mol. The van der Waals surface area contributed by atoms with Gasteiger partial charge < -0.3 is 9.84 Å². The number of hydrogen-bond donors (Lipinski definition) is 1. The van der Waals surface area contributed by atoms with Gasteiger partial charge in [0.25, 0.3) is 0 Å². The maximum Gasteiger partial charge on any atom is 0.364 e. The molecule has 0 aromatic carbocycles. The van der Waals surface area contributed by atoms with Gasteiger partial charge in [-0.3, -0.25) is 0 Å². The van der Waals surface area contributed by atoms with E-state index in [4.69, 9.17) is 4.74 Å². The highest BCUT2D eigenvalue weighted by Gasteiger charge is 2.59. The minimum atomic E-state index is -1.40. The standard InChI is InChI=1S/C23H31FO3/c1-13-11-14-12-15(27-4)7-9-22(14,2)17-8-10-23(3)16(19(13)17)5-6-18(23)20(24)21(25)26/h11-13,16-17,19H,5-10H2,1-4H3,(H,25,26)/t13-,16-,17-,19-,22-,23-/m0/s1. The summed E-state index contributed by atoms with van der Waals surface area (Å²) in [6.45, 7) is 6.81. The summed E-state index contributed by atoms with van der Waals surface area (Å²) in [5.41, 5.74) is 1.82. The van der Waals surface area contributed by atoms with Crippen LogP contribution in [0, 0.1) is 34.5 Å². The smallest absolute Gasteiger partial charge is 0.364 e. The van der Waals surface area contributed by atoms with Gasteiger partial charge in [0.15, 0.2) is 0 Å². The molecule has 0 radical (unpaired) electrons. The number of allylic oxidation sites excluding steroid dienone is 5. The third-order valence-electron chi connectivity index (χ3n) is 8.57. The van der Waals surface area contributed by atoms with Gasteiger partial charge in [0.05, 0.1) is 12.9 Å². The second kappa shape index (κ2) is 6.22. The molecule has 4 rings (SSSR count). The predicted octanol–water partition coefficient (Wildman–Crippen LogP) is 5.64. The molecule has 3 nitrogen and oxygen atoms in total. The van der Waals surface area contributed by atoms with Crippen LogP contribution in [0.3, 0.4) is 0 Å². The molecule has 0 spiro atoms. The Morgan fingerprint density at radius 2 is 1.89 bits per heavy atom. The number of ether oxygens (including phenoxy) is 1. The van der Waals surface area contributed by atoms with Crippen LogP contribution in [0.25, 0.3) is 0 Å². The molecule has 2 saturated carbocycles. The molecule has 0 amide bonds. The molecule has 0 unspecified atom stereocenters. The molecule has 0 bridgehead atoms. The number of methoxy groups -OCH3 is 1. The molecule has 4 aliphatic carbocycles. The van der Waals surface area contributed by atoms with E-state index in [1.807, 2.05) is 0 Å². The van der Waals surface area contributed by atoms with Crippen LogP contribution < -0.4 is 0 Å². The van der Waals surface area contributed by atoms with E-state index in [1.54, 1.807) is 7.11 Å². The van der Waals surface area contributed by atoms with Crippen LogP contribution in [0.5, 0.6) is 0 Å². The van der Waals surface area contributed by atoms with Crippen molar-refractivity contribution in [3.63, 3.8) is 0 Å². The van der Waals surface area contributed by atoms with Crippen molar-refractivity contribution in [2.45, 2.75) is 59.3 Å². The summed E-state index contributed by atoms with van der Waals surface area (Å²) in [5, 5.41) is 9.21. The zero-order valence-corrected chi connectivity index (χ0v) is 16.8. The third-order valence-corrected chi connectivity index (χ3v) is 8.57. The Kier molecular flexibility index (Phi) is 4.32. The van der Waals surface area contributed by atoms with Crippen molar-refractivity contribution in [1.29, 1.82) is 0 Å². The number of hydrogen-bond acceptors (Lipinski definition) is 2. The molecule has 4 aliphatic rings. The van der Waals surface area contributed by atoms with E-state index in [2.05, 4.69) is 32.9 Å². The molecule has 0 aromatic rings. The van der Waals surface area contributed by atoms with Crippen molar-refractivity contribution >= 4 is 5.97 Å². The molecule has 27 heavy (non-hydrogen) atoms. The molecule has 0 aliphatic heterocycles. The topological polar surface area (TPSA) is 46.5 Å². The van der Waals surface area contributed by atoms with E-state index < -0.39 is 11.8 Å². The lowest BCUT2D eigenvalue weighted by molar-refractivity contribution is -0.134. The Bertz CT molecular complexity index is 764. The average Bonchev–Trinajstić information content (AvgIpc) is 2.98. The maximum absolute atomic E-state index is 14.4. The first-order valence-electron chi connectivity index (χ1n) is 10.3. The summed E-state index contributed by atoms with van der Waals surface area (Å²) in [5.74, 6) is 0.636. The van der Waals surface area contributed by atoms with E-state index in [9.17, 15) is 14.3 Å². The molecule has 2 fully saturated rings. The largest absolute Gasteiger partial charge is 0.501 e. The van der Waals surface area contributed by atoms with Crippen molar-refractivity contribution in [2.75, 3.05) is 7.11 Å². The molecule has 0 saturated heterocycles. The van der Waals surface area contributed by atoms with Crippen LogP contribution in [0.4, 0.5) is 4.39 Å². The molecular formula is C23H31FO3. The molecule has 4 heteroatoms. The van der Waals surface area contributed by atoms with Crippen molar-refractivity contribution in [3.8, 4) is 0 Å². The van der Waals surface area contributed by atoms with Gasteiger partial charge in [0.1, 0.15) is 0 Å². The summed E-state index contributed by atoms with van der Waals surface area (Å²) in [7, 11) is 1.75. The Morgan fingerprint density at radius 3 is 2.56 bits per heavy atom. The lowest BCUT2D eigenvalue weighted by atomic mass is 9.46. The number of halogens is 1. The van der Waals surface area contributed by atoms with Gasteiger partial charge in [-0.05, 0) is 83.8 Å². The first-order valence-corrected chi connectivity index (χ1v) is 10.3. The molecule has 148 valence electrons. The molecule has 0 heterocycles. The second-order valence-corrected chi connectivity index (χ2v) is 9.60. The lowest BCUT2D eigenvalue weighted by Gasteiger charge is -2.58. The zero-order chi connectivity index (χ0) is 19.6. The maximum atomic E-state index is 14.4. The number of rotatable bonds is 2. The van der Waals surface area contributed by atoms with Gasteiger partial charge in [0, 0.05) is 6.42 Å². The quantitative estimate of drug-likeness (QED) is 0.636. The Balaban J connectivity index is 1.75. The van der Waals surface area contributed by atoms with E-state index in [0.29, 0.717) is 35.7 Å². The summed E-state index contributed by atoms with van der Waals surface area (Å²) in [6, 6.07) is 0. The van der Waals surface area contributed by atoms with Gasteiger partial charge in [-0.25, -0.2) is 4.79 Å². The van der Waals surface area contributed by atoms with Gasteiger partial charge in [-0.1, -0.05) is 26.8 Å². The second-order valence-electron chi connectivity index (χ2n) is 9.60. The Hall–Kier alpha value is -1.58. The van der Waals surface area contributed by atoms with Gasteiger partial charge in [-0.2, -0.15) is 4.39 Å². The van der Waals surface area contributed by atoms with Crippen LogP contribution in [0.15, 0.2) is 34.9 Å². The molecule has 0 aromatic heterocycles. The number of carboxylic acid groups (broad SMARTS) is 1. The Labute approximate surface area is 161 Å². The van der Waals surface area contributed by atoms with Crippen molar-refractivity contribution in [2.24, 2.45) is 34.5 Å². The summed E-state index contributed by atoms with van der Waals surface area (Å²) < 4.78 is 20.0.